The van der Waals surface area contributed by atoms with Crippen molar-refractivity contribution < 1.29 is 4.52 Å². The summed E-state index contributed by atoms with van der Waals surface area (Å²) in [5.41, 5.74) is 0. The maximum Gasteiger partial charge on any atom is 0.247 e. The molecule has 12 heavy (non-hydrogen) atoms. The largest absolute Gasteiger partial charge is 0.340 e. The molecule has 0 N–H and O–H groups in total. The molecular weight excluding hydrogens is 154 g/mol. The Bertz CT molecular complexity index is 198. The molecule has 0 aliphatic carbocycles. The highest BCUT2D eigenvalue weighted by Gasteiger charge is 2.06. The Morgan fingerprint density at radius 1 is 1.50 bits per heavy atom. The van der Waals surface area contributed by atoms with Gasteiger partial charge in [0.15, 0.2) is 0 Å². The van der Waals surface area contributed by atoms with Crippen LogP contribution in [0, 0.1) is 0 Å². The fraction of sp³-hybridized carbons (Fsp3) is 0.750. The Kier molecular flexibility index (Phi) is 3.57. The van der Waals surface area contributed by atoms with Gasteiger partial charge in [-0.15, -0.1) is 5.10 Å². The van der Waals surface area contributed by atoms with Crippen LogP contribution in [0.2, 0.25) is 0 Å². The van der Waals surface area contributed by atoms with E-state index in [1.54, 1.807) is 6.20 Å². The van der Waals surface area contributed by atoms with Crippen LogP contribution in [-0.4, -0.2) is 23.5 Å². The smallest absolute Gasteiger partial charge is 0.247 e. The number of rotatable bonds is 5. The number of unbranched alkanes of at least 4 members (excludes halogenated alkanes) is 1. The monoisotopic (exact) mass is 169 g/mol. The molecule has 0 aromatic carbocycles. The Hall–Kier alpha value is -1.06. The molecule has 68 valence electrons. The molecule has 0 radical (unpaired) electrons. The van der Waals surface area contributed by atoms with E-state index in [0.717, 1.165) is 19.0 Å². The second-order valence-corrected chi connectivity index (χ2v) is 2.69. The van der Waals surface area contributed by atoms with E-state index in [0.29, 0.717) is 0 Å². The normalized spacial score (nSPS) is 10.2. The van der Waals surface area contributed by atoms with Gasteiger partial charge in [0, 0.05) is 18.4 Å². The molecule has 0 fully saturated rings. The van der Waals surface area contributed by atoms with E-state index in [-0.39, 0.29) is 0 Å². The molecule has 0 atom stereocenters. The second kappa shape index (κ2) is 4.74. The third-order valence-corrected chi connectivity index (χ3v) is 1.82. The third kappa shape index (κ3) is 2.22. The summed E-state index contributed by atoms with van der Waals surface area (Å²) < 4.78 is 4.95. The molecule has 0 spiro atoms. The maximum absolute atomic E-state index is 4.95. The predicted octanol–water partition coefficient (Wildman–Crippen LogP) is 1.70. The van der Waals surface area contributed by atoms with Crippen molar-refractivity contribution >= 4 is 5.88 Å². The minimum absolute atomic E-state index is 0.769. The highest BCUT2D eigenvalue weighted by molar-refractivity contribution is 5.29. The predicted molar refractivity (Wildman–Crippen MR) is 47.1 cm³/mol. The first-order valence-corrected chi connectivity index (χ1v) is 4.40. The minimum atomic E-state index is 0.769. The van der Waals surface area contributed by atoms with Crippen LogP contribution in [0.4, 0.5) is 5.88 Å². The van der Waals surface area contributed by atoms with Crippen molar-refractivity contribution in [3.63, 3.8) is 0 Å². The van der Waals surface area contributed by atoms with Crippen LogP contribution < -0.4 is 4.90 Å². The van der Waals surface area contributed by atoms with Crippen molar-refractivity contribution in [3.05, 3.63) is 6.20 Å². The number of hydrogen-bond donors (Lipinski definition) is 0. The van der Waals surface area contributed by atoms with E-state index in [2.05, 4.69) is 29.1 Å². The van der Waals surface area contributed by atoms with Crippen LogP contribution >= 0.6 is 0 Å². The van der Waals surface area contributed by atoms with Gasteiger partial charge in [-0.25, -0.2) is 0 Å². The molecule has 0 saturated heterocycles. The molecular formula is C8H15N3O. The maximum atomic E-state index is 4.95. The van der Waals surface area contributed by atoms with E-state index in [1.807, 2.05) is 0 Å². The highest BCUT2D eigenvalue weighted by Crippen LogP contribution is 2.10. The van der Waals surface area contributed by atoms with Crippen LogP contribution in [-0.2, 0) is 0 Å². The van der Waals surface area contributed by atoms with E-state index in [9.17, 15) is 0 Å². The first-order chi connectivity index (χ1) is 5.88. The van der Waals surface area contributed by atoms with Crippen molar-refractivity contribution in [1.82, 2.24) is 10.4 Å². The van der Waals surface area contributed by atoms with Crippen molar-refractivity contribution in [3.8, 4) is 0 Å². The van der Waals surface area contributed by atoms with Crippen LogP contribution in [0.25, 0.3) is 0 Å². The molecule has 1 aromatic rings. The summed E-state index contributed by atoms with van der Waals surface area (Å²) in [5, 5.41) is 7.07. The molecule has 1 heterocycles. The lowest BCUT2D eigenvalue weighted by molar-refractivity contribution is 0.390. The van der Waals surface area contributed by atoms with Gasteiger partial charge in [0.05, 0.1) is 0 Å². The molecule has 0 aliphatic heterocycles. The van der Waals surface area contributed by atoms with Crippen LogP contribution in [0.15, 0.2) is 10.7 Å². The minimum Gasteiger partial charge on any atom is -0.340 e. The number of nitrogens with zero attached hydrogens (tertiary/aromatic N) is 3. The molecule has 0 bridgehead atoms. The Morgan fingerprint density at radius 2 is 2.33 bits per heavy atom. The molecule has 1 aromatic heterocycles. The summed E-state index contributed by atoms with van der Waals surface area (Å²) in [7, 11) is 0. The van der Waals surface area contributed by atoms with Crippen LogP contribution in [0.1, 0.15) is 26.7 Å². The standard InChI is InChI=1S/C8H15N3O/c1-3-5-6-11(4-2)8-7-9-10-12-8/h7H,3-6H2,1-2H3. The fourth-order valence-corrected chi connectivity index (χ4v) is 1.07. The van der Waals surface area contributed by atoms with E-state index in [4.69, 9.17) is 4.52 Å². The average molecular weight is 169 g/mol. The van der Waals surface area contributed by atoms with Gasteiger partial charge < -0.3 is 9.42 Å². The lowest BCUT2D eigenvalue weighted by Gasteiger charge is -2.17. The summed E-state index contributed by atoms with van der Waals surface area (Å²) in [5.74, 6) is 0.769. The second-order valence-electron chi connectivity index (χ2n) is 2.69. The van der Waals surface area contributed by atoms with Crippen molar-refractivity contribution in [2.75, 3.05) is 18.0 Å². The van der Waals surface area contributed by atoms with Gasteiger partial charge in [-0.3, -0.25) is 0 Å². The lowest BCUT2D eigenvalue weighted by Crippen LogP contribution is -2.23. The molecule has 0 aliphatic rings. The van der Waals surface area contributed by atoms with Gasteiger partial charge in [0.1, 0.15) is 6.20 Å². The zero-order chi connectivity index (χ0) is 8.81. The Morgan fingerprint density at radius 3 is 2.83 bits per heavy atom. The summed E-state index contributed by atoms with van der Waals surface area (Å²) in [6.07, 6.45) is 4.02. The van der Waals surface area contributed by atoms with Crippen molar-refractivity contribution in [1.29, 1.82) is 0 Å². The van der Waals surface area contributed by atoms with E-state index < -0.39 is 0 Å². The van der Waals surface area contributed by atoms with Gasteiger partial charge in [-0.1, -0.05) is 13.3 Å². The first-order valence-electron chi connectivity index (χ1n) is 4.40. The quantitative estimate of drug-likeness (QED) is 0.672. The number of hydrogen-bond acceptors (Lipinski definition) is 4. The van der Waals surface area contributed by atoms with Crippen LogP contribution in [0.5, 0.6) is 0 Å². The summed E-state index contributed by atoms with van der Waals surface area (Å²) in [6, 6.07) is 0. The fourth-order valence-electron chi connectivity index (χ4n) is 1.07. The van der Waals surface area contributed by atoms with Crippen molar-refractivity contribution in [2.24, 2.45) is 0 Å². The zero-order valence-corrected chi connectivity index (χ0v) is 7.66. The molecule has 0 saturated carbocycles. The van der Waals surface area contributed by atoms with Gasteiger partial charge in [0.2, 0.25) is 5.88 Å². The van der Waals surface area contributed by atoms with E-state index >= 15 is 0 Å². The summed E-state index contributed by atoms with van der Waals surface area (Å²) in [6.45, 7) is 6.23. The Labute approximate surface area is 72.5 Å². The Balaban J connectivity index is 2.45. The third-order valence-electron chi connectivity index (χ3n) is 1.82. The number of anilines is 1. The average Bonchev–Trinajstić information content (AvgIpc) is 2.59. The van der Waals surface area contributed by atoms with Crippen molar-refractivity contribution in [2.45, 2.75) is 26.7 Å². The SMILES string of the molecule is CCCCN(CC)c1cnno1. The highest BCUT2D eigenvalue weighted by atomic mass is 16.5. The molecule has 4 heteroatoms. The topological polar surface area (TPSA) is 42.2 Å². The zero-order valence-electron chi connectivity index (χ0n) is 7.66. The van der Waals surface area contributed by atoms with Gasteiger partial charge >= 0.3 is 0 Å². The van der Waals surface area contributed by atoms with Gasteiger partial charge in [0.25, 0.3) is 0 Å². The summed E-state index contributed by atoms with van der Waals surface area (Å²) in [4.78, 5) is 2.13. The molecule has 0 amide bonds. The lowest BCUT2D eigenvalue weighted by atomic mass is 10.3. The molecule has 1 rings (SSSR count). The first kappa shape index (κ1) is 9.03. The molecule has 4 nitrogen and oxygen atoms in total. The summed E-state index contributed by atoms with van der Waals surface area (Å²) >= 11 is 0. The number of aromatic nitrogens is 2. The van der Waals surface area contributed by atoms with E-state index in [1.165, 1.54) is 12.8 Å². The van der Waals surface area contributed by atoms with Gasteiger partial charge in [-0.2, -0.15) is 0 Å². The van der Waals surface area contributed by atoms with Crippen LogP contribution in [0.3, 0.4) is 0 Å². The molecule has 0 unspecified atom stereocenters. The van der Waals surface area contributed by atoms with Gasteiger partial charge in [-0.05, 0) is 13.3 Å².